The van der Waals surface area contributed by atoms with E-state index in [1.165, 1.54) is 50.9 Å². The minimum Gasteiger partial charge on any atom is -0.384 e. The predicted molar refractivity (Wildman–Crippen MR) is 91.3 cm³/mol. The Labute approximate surface area is 132 Å². The molecule has 1 N–H and O–H groups in total. The number of anilines is 1. The predicted octanol–water partition coefficient (Wildman–Crippen LogP) is 4.76. The Balaban J connectivity index is 1.69. The van der Waals surface area contributed by atoms with Crippen LogP contribution in [0.1, 0.15) is 39.0 Å². The lowest BCUT2D eigenvalue weighted by Crippen LogP contribution is -2.30. The number of rotatable bonds is 6. The summed E-state index contributed by atoms with van der Waals surface area (Å²) in [7, 11) is 0. The Morgan fingerprint density at radius 3 is 3.00 bits per heavy atom. The van der Waals surface area contributed by atoms with E-state index in [0.717, 1.165) is 23.5 Å². The van der Waals surface area contributed by atoms with Crippen LogP contribution in [0.25, 0.3) is 0 Å². The molecule has 3 heteroatoms. The third kappa shape index (κ3) is 5.45. The van der Waals surface area contributed by atoms with E-state index in [4.69, 9.17) is 0 Å². The van der Waals surface area contributed by atoms with E-state index in [1.54, 1.807) is 0 Å². The Hall–Kier alpha value is -0.540. The van der Waals surface area contributed by atoms with Gasteiger partial charge in [0.05, 0.1) is 0 Å². The Bertz CT molecular complexity index is 394. The number of likely N-dealkylation sites (tertiary alicyclic amines) is 1. The molecule has 2 nitrogen and oxygen atoms in total. The van der Waals surface area contributed by atoms with Gasteiger partial charge in [-0.1, -0.05) is 41.8 Å². The minimum absolute atomic E-state index is 0.975. The van der Waals surface area contributed by atoms with Gasteiger partial charge >= 0.3 is 0 Å². The summed E-state index contributed by atoms with van der Waals surface area (Å²) in [5.41, 5.74) is 1.21. The molecule has 20 heavy (non-hydrogen) atoms. The Morgan fingerprint density at radius 2 is 2.20 bits per heavy atom. The van der Waals surface area contributed by atoms with Gasteiger partial charge in [-0.3, -0.25) is 0 Å². The maximum Gasteiger partial charge on any atom is 0.0351 e. The van der Waals surface area contributed by atoms with Gasteiger partial charge in [0.15, 0.2) is 0 Å². The van der Waals surface area contributed by atoms with Gasteiger partial charge < -0.3 is 10.2 Å². The van der Waals surface area contributed by atoms with Crippen LogP contribution in [0.3, 0.4) is 0 Å². The fourth-order valence-electron chi connectivity index (χ4n) is 3.10. The molecule has 0 spiro atoms. The highest BCUT2D eigenvalue weighted by molar-refractivity contribution is 9.10. The molecule has 0 aliphatic carbocycles. The van der Waals surface area contributed by atoms with Crippen molar-refractivity contribution < 1.29 is 0 Å². The standard InChI is InChI=1S/C17H27BrN2/c1-2-5-15-6-4-11-20(12-9-15)13-10-19-17-8-3-7-16(18)14-17/h3,7-8,14-15,19H,2,4-6,9-13H2,1H3. The van der Waals surface area contributed by atoms with E-state index in [-0.39, 0.29) is 0 Å². The molecule has 1 saturated heterocycles. The molecule has 1 heterocycles. The van der Waals surface area contributed by atoms with Crippen LogP contribution in [-0.4, -0.2) is 31.1 Å². The van der Waals surface area contributed by atoms with E-state index in [2.05, 4.69) is 57.3 Å². The number of nitrogens with one attached hydrogen (secondary N) is 1. The van der Waals surface area contributed by atoms with Crippen LogP contribution in [0, 0.1) is 5.92 Å². The first-order valence-corrected chi connectivity index (χ1v) is 8.79. The lowest BCUT2D eigenvalue weighted by molar-refractivity contribution is 0.289. The Kier molecular flexibility index (Phi) is 6.88. The molecule has 1 unspecified atom stereocenters. The number of hydrogen-bond acceptors (Lipinski definition) is 2. The van der Waals surface area contributed by atoms with Gasteiger partial charge in [0, 0.05) is 23.2 Å². The smallest absolute Gasteiger partial charge is 0.0351 e. The van der Waals surface area contributed by atoms with Crippen LogP contribution in [0.5, 0.6) is 0 Å². The lowest BCUT2D eigenvalue weighted by Gasteiger charge is -2.20. The summed E-state index contributed by atoms with van der Waals surface area (Å²) < 4.78 is 1.14. The van der Waals surface area contributed by atoms with Crippen LogP contribution < -0.4 is 5.32 Å². The summed E-state index contributed by atoms with van der Waals surface area (Å²) in [5, 5.41) is 3.52. The second-order valence-corrected chi connectivity index (χ2v) is 6.78. The summed E-state index contributed by atoms with van der Waals surface area (Å²) in [6.45, 7) is 7.07. The maximum absolute atomic E-state index is 3.52. The van der Waals surface area contributed by atoms with Crippen LogP contribution in [0.2, 0.25) is 0 Å². The molecule has 1 aromatic rings. The SMILES string of the molecule is CCCC1CCCN(CCNc2cccc(Br)c2)CC1. The number of nitrogens with zero attached hydrogens (tertiary/aromatic N) is 1. The molecule has 0 bridgehead atoms. The van der Waals surface area contributed by atoms with Crippen molar-refractivity contribution in [1.82, 2.24) is 4.90 Å². The third-order valence-electron chi connectivity index (χ3n) is 4.22. The first-order chi connectivity index (χ1) is 9.78. The minimum atomic E-state index is 0.975. The molecule has 1 atom stereocenters. The molecule has 1 aliphatic heterocycles. The fourth-order valence-corrected chi connectivity index (χ4v) is 3.50. The van der Waals surface area contributed by atoms with Gasteiger partial charge in [-0.25, -0.2) is 0 Å². The van der Waals surface area contributed by atoms with Crippen LogP contribution >= 0.6 is 15.9 Å². The molecule has 0 aromatic heterocycles. The van der Waals surface area contributed by atoms with Gasteiger partial charge in [0.1, 0.15) is 0 Å². The summed E-state index contributed by atoms with van der Waals surface area (Å²) >= 11 is 3.51. The first-order valence-electron chi connectivity index (χ1n) is 7.99. The van der Waals surface area contributed by atoms with Crippen LogP contribution in [0.4, 0.5) is 5.69 Å². The molecule has 1 aliphatic rings. The molecule has 112 valence electrons. The normalized spacial score (nSPS) is 20.6. The topological polar surface area (TPSA) is 15.3 Å². The van der Waals surface area contributed by atoms with Crippen molar-refractivity contribution in [3.8, 4) is 0 Å². The summed E-state index contributed by atoms with van der Waals surface area (Å²) in [6.07, 6.45) is 6.97. The summed E-state index contributed by atoms with van der Waals surface area (Å²) in [4.78, 5) is 2.63. The molecular formula is C17H27BrN2. The number of benzene rings is 1. The van der Waals surface area contributed by atoms with Crippen molar-refractivity contribution in [1.29, 1.82) is 0 Å². The van der Waals surface area contributed by atoms with E-state index in [0.29, 0.717) is 0 Å². The molecule has 1 fully saturated rings. The molecule has 0 saturated carbocycles. The van der Waals surface area contributed by atoms with Crippen LogP contribution in [-0.2, 0) is 0 Å². The van der Waals surface area contributed by atoms with Crippen molar-refractivity contribution in [3.05, 3.63) is 28.7 Å². The van der Waals surface area contributed by atoms with E-state index in [9.17, 15) is 0 Å². The lowest BCUT2D eigenvalue weighted by atomic mass is 9.96. The quantitative estimate of drug-likeness (QED) is 0.804. The molecular weight excluding hydrogens is 312 g/mol. The van der Waals surface area contributed by atoms with Crippen molar-refractivity contribution >= 4 is 21.6 Å². The van der Waals surface area contributed by atoms with Gasteiger partial charge in [-0.2, -0.15) is 0 Å². The van der Waals surface area contributed by atoms with Gasteiger partial charge in [-0.05, 0) is 56.5 Å². The van der Waals surface area contributed by atoms with Crippen molar-refractivity contribution in [2.75, 3.05) is 31.5 Å². The van der Waals surface area contributed by atoms with E-state index in [1.807, 2.05) is 0 Å². The van der Waals surface area contributed by atoms with Crippen molar-refractivity contribution in [2.24, 2.45) is 5.92 Å². The summed E-state index contributed by atoms with van der Waals surface area (Å²) in [6, 6.07) is 8.41. The van der Waals surface area contributed by atoms with E-state index < -0.39 is 0 Å². The third-order valence-corrected chi connectivity index (χ3v) is 4.71. The molecule has 0 amide bonds. The zero-order valence-corrected chi connectivity index (χ0v) is 14.2. The molecule has 0 radical (unpaired) electrons. The summed E-state index contributed by atoms with van der Waals surface area (Å²) in [5.74, 6) is 0.975. The zero-order chi connectivity index (χ0) is 14.2. The van der Waals surface area contributed by atoms with E-state index >= 15 is 0 Å². The highest BCUT2D eigenvalue weighted by Crippen LogP contribution is 2.21. The van der Waals surface area contributed by atoms with Crippen molar-refractivity contribution in [3.63, 3.8) is 0 Å². The molecule has 2 rings (SSSR count). The van der Waals surface area contributed by atoms with Crippen LogP contribution in [0.15, 0.2) is 28.7 Å². The Morgan fingerprint density at radius 1 is 1.30 bits per heavy atom. The maximum atomic E-state index is 3.52. The number of hydrogen-bond donors (Lipinski definition) is 1. The largest absolute Gasteiger partial charge is 0.384 e. The average Bonchev–Trinajstić information content (AvgIpc) is 2.65. The van der Waals surface area contributed by atoms with Gasteiger partial charge in [0.2, 0.25) is 0 Å². The zero-order valence-electron chi connectivity index (χ0n) is 12.6. The average molecular weight is 339 g/mol. The first kappa shape index (κ1) is 15.8. The highest BCUT2D eigenvalue weighted by atomic mass is 79.9. The highest BCUT2D eigenvalue weighted by Gasteiger charge is 2.15. The van der Waals surface area contributed by atoms with Gasteiger partial charge in [0.25, 0.3) is 0 Å². The monoisotopic (exact) mass is 338 g/mol. The van der Waals surface area contributed by atoms with Gasteiger partial charge in [-0.15, -0.1) is 0 Å². The van der Waals surface area contributed by atoms with Crippen molar-refractivity contribution in [2.45, 2.75) is 39.0 Å². The molecule has 1 aromatic carbocycles. The second-order valence-electron chi connectivity index (χ2n) is 5.86. The second kappa shape index (κ2) is 8.68. The number of halogens is 1. The fraction of sp³-hybridized carbons (Fsp3) is 0.647.